The van der Waals surface area contributed by atoms with Crippen molar-refractivity contribution in [3.63, 3.8) is 0 Å². The van der Waals surface area contributed by atoms with Gasteiger partial charge in [-0.05, 0) is 0 Å². The van der Waals surface area contributed by atoms with E-state index in [1.54, 1.807) is 0 Å². The largest absolute Gasteiger partial charge is 0.419 e. The van der Waals surface area contributed by atoms with Gasteiger partial charge in [-0.1, -0.05) is 0 Å². The van der Waals surface area contributed by atoms with E-state index in [0.29, 0.717) is 12.8 Å². The van der Waals surface area contributed by atoms with Gasteiger partial charge in [0, 0.05) is 6.42 Å². The molecule has 0 radical (unpaired) electrons. The van der Waals surface area contributed by atoms with Crippen LogP contribution < -0.4 is 0 Å². The quantitative estimate of drug-likeness (QED) is 0.328. The van der Waals surface area contributed by atoms with Crippen molar-refractivity contribution in [1.82, 2.24) is 0 Å². The van der Waals surface area contributed by atoms with Crippen LogP contribution in [0.5, 0.6) is 0 Å². The van der Waals surface area contributed by atoms with E-state index in [1.807, 2.05) is 0 Å². The molecular weight excluding hydrogens is 108 g/mol. The first-order valence-corrected chi connectivity index (χ1v) is 2.27. The molecule has 0 amide bonds. The lowest BCUT2D eigenvalue weighted by Gasteiger charge is -1.83. The van der Waals surface area contributed by atoms with Gasteiger partial charge in [0.05, 0.1) is 6.42 Å². The van der Waals surface area contributed by atoms with Gasteiger partial charge in [-0.3, -0.25) is 4.79 Å². The van der Waals surface area contributed by atoms with Gasteiger partial charge in [-0.2, -0.15) is 0 Å². The zero-order chi connectivity index (χ0) is 5.98. The van der Waals surface area contributed by atoms with Gasteiger partial charge in [-0.15, -0.1) is 0 Å². The lowest BCUT2D eigenvalue weighted by Crippen LogP contribution is -1.88. The Morgan fingerprint density at radius 1 is 1.50 bits per heavy atom. The molecule has 0 saturated carbocycles. The van der Waals surface area contributed by atoms with Gasteiger partial charge in [0.2, 0.25) is 0 Å². The van der Waals surface area contributed by atoms with Gasteiger partial charge >= 0.3 is 5.97 Å². The fourth-order valence-electron chi connectivity index (χ4n) is 0.527. The molecule has 42 valence electrons. The summed E-state index contributed by atoms with van der Waals surface area (Å²) in [5.74, 6) is 1.32. The third-order valence-electron chi connectivity index (χ3n) is 0.907. The second-order valence-electron chi connectivity index (χ2n) is 1.50. The van der Waals surface area contributed by atoms with Crippen molar-refractivity contribution in [1.29, 1.82) is 0 Å². The number of ether oxygens (including phenoxy) is 1. The molecule has 1 aliphatic rings. The van der Waals surface area contributed by atoms with Gasteiger partial charge in [0.15, 0.2) is 11.7 Å². The Morgan fingerprint density at radius 3 is 2.50 bits per heavy atom. The number of hydrogen-bond acceptors (Lipinski definition) is 3. The van der Waals surface area contributed by atoms with Gasteiger partial charge in [0.25, 0.3) is 0 Å². The zero-order valence-corrected chi connectivity index (χ0v) is 4.14. The van der Waals surface area contributed by atoms with Crippen molar-refractivity contribution in [2.75, 3.05) is 0 Å². The number of carbonyl (C=O) groups excluding carboxylic acids is 2. The summed E-state index contributed by atoms with van der Waals surface area (Å²) in [7, 11) is 0. The van der Waals surface area contributed by atoms with E-state index in [0.717, 1.165) is 0 Å². The number of allylic oxidation sites excluding steroid dienone is 1. The van der Waals surface area contributed by atoms with Crippen LogP contribution in [0.2, 0.25) is 0 Å². The summed E-state index contributed by atoms with van der Waals surface area (Å²) in [6, 6.07) is 0. The fourth-order valence-corrected chi connectivity index (χ4v) is 0.527. The van der Waals surface area contributed by atoms with E-state index in [-0.39, 0.29) is 11.7 Å². The average Bonchev–Trinajstić information content (AvgIpc) is 2.14. The molecule has 0 aromatic heterocycles. The third-order valence-corrected chi connectivity index (χ3v) is 0.907. The highest BCUT2D eigenvalue weighted by Gasteiger charge is 2.17. The summed E-state index contributed by atoms with van der Waals surface area (Å²) in [4.78, 5) is 19.9. The molecule has 0 spiro atoms. The van der Waals surface area contributed by atoms with Crippen LogP contribution in [0.4, 0.5) is 0 Å². The first-order chi connectivity index (χ1) is 3.83. The molecule has 0 atom stereocenters. The maximum atomic E-state index is 10.2. The molecule has 1 rings (SSSR count). The number of hydrogen-bond donors (Lipinski definition) is 0. The van der Waals surface area contributed by atoms with Crippen LogP contribution in [0.1, 0.15) is 12.8 Å². The minimum atomic E-state index is -0.330. The monoisotopic (exact) mass is 112 g/mol. The number of cyclic esters (lactones) is 1. The zero-order valence-electron chi connectivity index (χ0n) is 4.14. The normalized spacial score (nSPS) is 18.0. The molecule has 0 aliphatic carbocycles. The van der Waals surface area contributed by atoms with Crippen molar-refractivity contribution in [2.45, 2.75) is 12.8 Å². The van der Waals surface area contributed by atoms with E-state index in [1.165, 1.54) is 5.94 Å². The van der Waals surface area contributed by atoms with Crippen LogP contribution in [0.25, 0.3) is 0 Å². The second kappa shape index (κ2) is 1.80. The van der Waals surface area contributed by atoms with Crippen molar-refractivity contribution in [3.8, 4) is 0 Å². The topological polar surface area (TPSA) is 43.4 Å². The summed E-state index contributed by atoms with van der Waals surface area (Å²) in [5, 5.41) is 0. The molecule has 1 saturated heterocycles. The Morgan fingerprint density at radius 2 is 2.25 bits per heavy atom. The van der Waals surface area contributed by atoms with E-state index in [9.17, 15) is 9.59 Å². The maximum absolute atomic E-state index is 10.2. The highest BCUT2D eigenvalue weighted by molar-refractivity contribution is 5.76. The highest BCUT2D eigenvalue weighted by atomic mass is 16.5. The Hall–Kier alpha value is -1.08. The molecule has 3 nitrogen and oxygen atoms in total. The number of carbonyl (C=O) groups is 1. The Balaban J connectivity index is 2.70. The van der Waals surface area contributed by atoms with Gasteiger partial charge < -0.3 is 4.74 Å². The van der Waals surface area contributed by atoms with Crippen LogP contribution in [-0.4, -0.2) is 11.9 Å². The predicted octanol–water partition coefficient (Wildman–Crippen LogP) is 0.0389. The molecule has 0 bridgehead atoms. The van der Waals surface area contributed by atoms with Crippen molar-refractivity contribution in [2.24, 2.45) is 0 Å². The molecule has 0 aromatic carbocycles. The highest BCUT2D eigenvalue weighted by Crippen LogP contribution is 2.13. The van der Waals surface area contributed by atoms with Gasteiger partial charge in [0.1, 0.15) is 0 Å². The van der Waals surface area contributed by atoms with Crippen molar-refractivity contribution < 1.29 is 14.3 Å². The molecule has 1 fully saturated rings. The van der Waals surface area contributed by atoms with Crippen LogP contribution in [-0.2, 0) is 14.3 Å². The maximum Gasteiger partial charge on any atom is 0.312 e. The fraction of sp³-hybridized carbons (Fsp3) is 0.400. The van der Waals surface area contributed by atoms with E-state index < -0.39 is 0 Å². The van der Waals surface area contributed by atoms with Gasteiger partial charge in [-0.25, -0.2) is 4.79 Å². The number of rotatable bonds is 0. The summed E-state index contributed by atoms with van der Waals surface area (Å²) >= 11 is 0. The lowest BCUT2D eigenvalue weighted by atomic mass is 10.3. The Labute approximate surface area is 45.9 Å². The Kier molecular flexibility index (Phi) is 1.14. The minimum absolute atomic E-state index is 0.134. The van der Waals surface area contributed by atoms with Crippen LogP contribution in [0, 0.1) is 0 Å². The first-order valence-electron chi connectivity index (χ1n) is 2.27. The molecule has 3 heteroatoms. The molecule has 0 aromatic rings. The third kappa shape index (κ3) is 0.768. The minimum Gasteiger partial charge on any atom is -0.419 e. The summed E-state index contributed by atoms with van der Waals surface area (Å²) in [5.41, 5.74) is 0. The smallest absolute Gasteiger partial charge is 0.312 e. The van der Waals surface area contributed by atoms with E-state index >= 15 is 0 Å². The summed E-state index contributed by atoms with van der Waals surface area (Å²) in [6.07, 6.45) is 0.743. The van der Waals surface area contributed by atoms with Crippen LogP contribution in [0.3, 0.4) is 0 Å². The standard InChI is InChI=1S/C5H4O3/c6-3-4-1-2-5(7)8-4/h1-2H2. The van der Waals surface area contributed by atoms with Crippen molar-refractivity contribution >= 4 is 11.9 Å². The molecule has 0 unspecified atom stereocenters. The molecule has 0 N–H and O–H groups in total. The first kappa shape index (κ1) is 5.06. The molecular formula is C5H4O3. The second-order valence-corrected chi connectivity index (χ2v) is 1.50. The van der Waals surface area contributed by atoms with Crippen LogP contribution in [0.15, 0.2) is 5.76 Å². The van der Waals surface area contributed by atoms with Crippen LogP contribution >= 0.6 is 0 Å². The average molecular weight is 112 g/mol. The molecule has 1 heterocycles. The lowest BCUT2D eigenvalue weighted by molar-refractivity contribution is -0.135. The SMILES string of the molecule is O=C=C1CCC(=O)O1. The summed E-state index contributed by atoms with van der Waals surface area (Å²) in [6.45, 7) is 0. The van der Waals surface area contributed by atoms with E-state index in [2.05, 4.69) is 4.74 Å². The predicted molar refractivity (Wildman–Crippen MR) is 24.5 cm³/mol. The molecule has 1 aliphatic heterocycles. The number of esters is 1. The van der Waals surface area contributed by atoms with Crippen molar-refractivity contribution in [3.05, 3.63) is 5.76 Å². The summed E-state index contributed by atoms with van der Waals surface area (Å²) < 4.78 is 4.36. The van der Waals surface area contributed by atoms with E-state index in [4.69, 9.17) is 0 Å². The molecule has 8 heavy (non-hydrogen) atoms. The Bertz CT molecular complexity index is 165.